The fourth-order valence-corrected chi connectivity index (χ4v) is 1.01. The summed E-state index contributed by atoms with van der Waals surface area (Å²) < 4.78 is 5.10. The Labute approximate surface area is 99.1 Å². The molecule has 17 heavy (non-hydrogen) atoms. The number of aliphatic imine (C=N–C) groups is 1. The van der Waals surface area contributed by atoms with E-state index in [1.807, 2.05) is 30.3 Å². The van der Waals surface area contributed by atoms with Gasteiger partial charge in [0.25, 0.3) is 0 Å². The van der Waals surface area contributed by atoms with Crippen molar-refractivity contribution < 1.29 is 4.74 Å². The van der Waals surface area contributed by atoms with Gasteiger partial charge in [0.2, 0.25) is 0 Å². The fraction of sp³-hybridized carbons (Fsp3) is 0.0833. The molecule has 0 heterocycles. The molecule has 0 aliphatic rings. The van der Waals surface area contributed by atoms with Gasteiger partial charge in [-0.25, -0.2) is 4.99 Å². The number of hydrogen-bond donors (Lipinski definition) is 1. The van der Waals surface area contributed by atoms with Crippen molar-refractivity contribution in [2.45, 2.75) is 6.61 Å². The van der Waals surface area contributed by atoms with Crippen LogP contribution in [0.15, 0.2) is 46.7 Å². The standard InChI is InChI=1S/C12H10N4O/c13-6-11(15)12(7-14)16-9-17-8-10-4-2-1-3-5-10/h1-5,9H,8,15H2/b12-11+,16-9?. The van der Waals surface area contributed by atoms with Crippen LogP contribution in [0.25, 0.3) is 0 Å². The van der Waals surface area contributed by atoms with Crippen LogP contribution in [0.5, 0.6) is 0 Å². The summed E-state index contributed by atoms with van der Waals surface area (Å²) in [5.74, 6) is 0. The first-order chi connectivity index (χ1) is 8.27. The molecule has 1 aromatic rings. The van der Waals surface area contributed by atoms with E-state index >= 15 is 0 Å². The Hall–Kier alpha value is -2.79. The van der Waals surface area contributed by atoms with Crippen molar-refractivity contribution in [3.63, 3.8) is 0 Å². The summed E-state index contributed by atoms with van der Waals surface area (Å²) in [6, 6.07) is 12.8. The molecule has 0 aliphatic carbocycles. The Balaban J connectivity index is 2.53. The van der Waals surface area contributed by atoms with Crippen molar-refractivity contribution in [1.82, 2.24) is 0 Å². The van der Waals surface area contributed by atoms with Crippen LogP contribution in [0.2, 0.25) is 0 Å². The Morgan fingerprint density at radius 3 is 2.59 bits per heavy atom. The summed E-state index contributed by atoms with van der Waals surface area (Å²) in [6.07, 6.45) is 1.11. The molecule has 84 valence electrons. The van der Waals surface area contributed by atoms with Crippen molar-refractivity contribution in [3.05, 3.63) is 47.3 Å². The highest BCUT2D eigenvalue weighted by molar-refractivity contribution is 5.52. The van der Waals surface area contributed by atoms with Crippen molar-refractivity contribution >= 4 is 6.40 Å². The van der Waals surface area contributed by atoms with Crippen LogP contribution in [0.4, 0.5) is 0 Å². The molecule has 0 fully saturated rings. The lowest BCUT2D eigenvalue weighted by atomic mass is 10.2. The van der Waals surface area contributed by atoms with Crippen LogP contribution in [0.1, 0.15) is 5.56 Å². The average Bonchev–Trinajstić information content (AvgIpc) is 2.39. The normalized spacial score (nSPS) is 11.4. The highest BCUT2D eigenvalue weighted by Gasteiger charge is 1.98. The second-order valence-corrected chi connectivity index (χ2v) is 3.02. The first-order valence-electron chi connectivity index (χ1n) is 4.76. The van der Waals surface area contributed by atoms with E-state index in [2.05, 4.69) is 4.99 Å². The molecule has 1 aromatic carbocycles. The van der Waals surface area contributed by atoms with Gasteiger partial charge in [-0.05, 0) is 5.56 Å². The lowest BCUT2D eigenvalue weighted by Gasteiger charge is -1.99. The van der Waals surface area contributed by atoms with Crippen LogP contribution >= 0.6 is 0 Å². The van der Waals surface area contributed by atoms with Crippen LogP contribution in [-0.2, 0) is 11.3 Å². The number of nitrogens with zero attached hydrogens (tertiary/aromatic N) is 3. The molecule has 0 unspecified atom stereocenters. The third kappa shape index (κ3) is 4.06. The van der Waals surface area contributed by atoms with Crippen LogP contribution in [0, 0.1) is 22.7 Å². The van der Waals surface area contributed by atoms with Crippen LogP contribution < -0.4 is 5.73 Å². The summed E-state index contributed by atoms with van der Waals surface area (Å²) in [5, 5.41) is 17.1. The molecule has 0 aromatic heterocycles. The minimum atomic E-state index is -0.230. The largest absolute Gasteiger partial charge is 0.478 e. The second kappa shape index (κ2) is 6.65. The molecule has 0 amide bonds. The monoisotopic (exact) mass is 226 g/mol. The van der Waals surface area contributed by atoms with Gasteiger partial charge >= 0.3 is 0 Å². The number of rotatable bonds is 4. The summed E-state index contributed by atoms with van der Waals surface area (Å²) >= 11 is 0. The molecule has 0 saturated carbocycles. The lowest BCUT2D eigenvalue weighted by Crippen LogP contribution is -1.98. The van der Waals surface area contributed by atoms with Crippen LogP contribution in [0.3, 0.4) is 0 Å². The molecule has 0 atom stereocenters. The zero-order valence-electron chi connectivity index (χ0n) is 9.00. The maximum Gasteiger partial charge on any atom is 0.177 e. The van der Waals surface area contributed by atoms with Gasteiger partial charge in [-0.15, -0.1) is 0 Å². The van der Waals surface area contributed by atoms with E-state index in [0.29, 0.717) is 6.61 Å². The maximum absolute atomic E-state index is 8.64. The zero-order valence-corrected chi connectivity index (χ0v) is 9.00. The van der Waals surface area contributed by atoms with E-state index in [4.69, 9.17) is 21.0 Å². The van der Waals surface area contributed by atoms with Gasteiger partial charge in [-0.2, -0.15) is 10.5 Å². The number of benzene rings is 1. The van der Waals surface area contributed by atoms with Crippen molar-refractivity contribution in [2.75, 3.05) is 0 Å². The third-order valence-electron chi connectivity index (χ3n) is 1.83. The summed E-state index contributed by atoms with van der Waals surface area (Å²) in [7, 11) is 0. The molecule has 5 heteroatoms. The van der Waals surface area contributed by atoms with Crippen molar-refractivity contribution in [1.29, 1.82) is 10.5 Å². The molecule has 5 nitrogen and oxygen atoms in total. The number of nitriles is 2. The maximum atomic E-state index is 8.64. The average molecular weight is 226 g/mol. The molecule has 0 bridgehead atoms. The molecule has 2 N–H and O–H groups in total. The number of nitrogens with two attached hydrogens (primary N) is 1. The Morgan fingerprint density at radius 2 is 2.00 bits per heavy atom. The molecule has 0 saturated heterocycles. The van der Waals surface area contributed by atoms with E-state index < -0.39 is 0 Å². The summed E-state index contributed by atoms with van der Waals surface area (Å²) in [4.78, 5) is 3.65. The van der Waals surface area contributed by atoms with Gasteiger partial charge in [0.1, 0.15) is 24.4 Å². The first kappa shape index (κ1) is 12.3. The molecular formula is C12H10N4O. The summed E-state index contributed by atoms with van der Waals surface area (Å²) in [5.41, 5.74) is 5.85. The molecule has 0 radical (unpaired) electrons. The predicted molar refractivity (Wildman–Crippen MR) is 62.2 cm³/mol. The van der Waals surface area contributed by atoms with Gasteiger partial charge < -0.3 is 10.5 Å². The molecule has 0 spiro atoms. The van der Waals surface area contributed by atoms with Gasteiger partial charge in [-0.1, -0.05) is 30.3 Å². The number of allylic oxidation sites excluding steroid dienone is 2. The smallest absolute Gasteiger partial charge is 0.177 e. The number of hydrogen-bond acceptors (Lipinski definition) is 5. The van der Waals surface area contributed by atoms with E-state index in [-0.39, 0.29) is 11.4 Å². The second-order valence-electron chi connectivity index (χ2n) is 3.02. The van der Waals surface area contributed by atoms with Crippen molar-refractivity contribution in [3.8, 4) is 12.1 Å². The molecule has 0 aliphatic heterocycles. The predicted octanol–water partition coefficient (Wildman–Crippen LogP) is 1.45. The first-order valence-corrected chi connectivity index (χ1v) is 4.76. The minimum absolute atomic E-state index is 0.152. The SMILES string of the molecule is N#C/C(N)=C(/C#N)N=COCc1ccccc1. The van der Waals surface area contributed by atoms with E-state index in [0.717, 1.165) is 12.0 Å². The van der Waals surface area contributed by atoms with Crippen LogP contribution in [-0.4, -0.2) is 6.40 Å². The third-order valence-corrected chi connectivity index (χ3v) is 1.83. The van der Waals surface area contributed by atoms with Gasteiger partial charge in [-0.3, -0.25) is 0 Å². The van der Waals surface area contributed by atoms with E-state index in [1.165, 1.54) is 0 Å². The fourth-order valence-electron chi connectivity index (χ4n) is 1.01. The van der Waals surface area contributed by atoms with Gasteiger partial charge in [0, 0.05) is 0 Å². The highest BCUT2D eigenvalue weighted by atomic mass is 16.5. The van der Waals surface area contributed by atoms with E-state index in [9.17, 15) is 0 Å². The minimum Gasteiger partial charge on any atom is -0.478 e. The lowest BCUT2D eigenvalue weighted by molar-refractivity contribution is 0.308. The highest BCUT2D eigenvalue weighted by Crippen LogP contribution is 2.01. The van der Waals surface area contributed by atoms with Gasteiger partial charge in [0.05, 0.1) is 0 Å². The van der Waals surface area contributed by atoms with Gasteiger partial charge in [0.15, 0.2) is 12.1 Å². The topological polar surface area (TPSA) is 95.2 Å². The van der Waals surface area contributed by atoms with Crippen molar-refractivity contribution in [2.24, 2.45) is 10.7 Å². The Morgan fingerprint density at radius 1 is 1.29 bits per heavy atom. The quantitative estimate of drug-likeness (QED) is 0.477. The molecule has 1 rings (SSSR count). The van der Waals surface area contributed by atoms with E-state index in [1.54, 1.807) is 12.1 Å². The Kier molecular flexibility index (Phi) is 4.80. The number of ether oxygens (including phenoxy) is 1. The Bertz CT molecular complexity index is 506. The zero-order chi connectivity index (χ0) is 12.5. The molecular weight excluding hydrogens is 216 g/mol. The summed E-state index contributed by atoms with van der Waals surface area (Å²) in [6.45, 7) is 0.343.